The lowest BCUT2D eigenvalue weighted by molar-refractivity contribution is -0.385. The quantitative estimate of drug-likeness (QED) is 0.501. The van der Waals surface area contributed by atoms with Crippen molar-refractivity contribution >= 4 is 17.8 Å². The molecule has 106 valence electrons. The Balaban J connectivity index is 2.07. The van der Waals surface area contributed by atoms with E-state index < -0.39 is 22.3 Å². The third-order valence-electron chi connectivity index (χ3n) is 2.47. The fraction of sp³-hybridized carbons (Fsp3) is 0. The van der Waals surface area contributed by atoms with E-state index in [1.54, 1.807) is 12.1 Å². The van der Waals surface area contributed by atoms with E-state index in [1.165, 1.54) is 30.6 Å². The third-order valence-corrected chi connectivity index (χ3v) is 2.47. The maximum atomic E-state index is 11.6. The van der Waals surface area contributed by atoms with Crippen molar-refractivity contribution in [1.82, 2.24) is 10.4 Å². The maximum absolute atomic E-state index is 11.6. The number of nitro benzene ring substituents is 1. The van der Waals surface area contributed by atoms with Crippen molar-refractivity contribution < 1.29 is 14.8 Å². The van der Waals surface area contributed by atoms with Gasteiger partial charge in [0.25, 0.3) is 5.91 Å². The molecule has 0 fully saturated rings. The summed E-state index contributed by atoms with van der Waals surface area (Å²) in [4.78, 5) is 25.4. The average molecular weight is 286 g/mol. The van der Waals surface area contributed by atoms with Crippen LogP contribution in [0.3, 0.4) is 0 Å². The Morgan fingerprint density at radius 2 is 2.19 bits per heavy atom. The number of amides is 1. The molecule has 0 bridgehead atoms. The normalized spacial score (nSPS) is 10.5. The number of aromatic nitrogens is 1. The molecule has 2 N–H and O–H groups in total. The number of pyridine rings is 1. The topological polar surface area (TPSA) is 118 Å². The fourth-order valence-corrected chi connectivity index (χ4v) is 1.49. The van der Waals surface area contributed by atoms with Crippen LogP contribution < -0.4 is 5.43 Å². The van der Waals surface area contributed by atoms with Gasteiger partial charge < -0.3 is 5.11 Å². The monoisotopic (exact) mass is 286 g/mol. The minimum atomic E-state index is -0.709. The molecule has 1 amide bonds. The lowest BCUT2D eigenvalue weighted by Crippen LogP contribution is -2.18. The predicted molar refractivity (Wildman–Crippen MR) is 74.1 cm³/mol. The first-order valence-electron chi connectivity index (χ1n) is 5.80. The number of hydrogen-bond acceptors (Lipinski definition) is 6. The second kappa shape index (κ2) is 6.24. The number of nitrogens with zero attached hydrogens (tertiary/aromatic N) is 3. The largest absolute Gasteiger partial charge is 0.502 e. The van der Waals surface area contributed by atoms with Crippen LogP contribution in [0, 0.1) is 10.1 Å². The summed E-state index contributed by atoms with van der Waals surface area (Å²) in [6.45, 7) is 0. The zero-order valence-corrected chi connectivity index (χ0v) is 10.6. The maximum Gasteiger partial charge on any atom is 0.311 e. The number of phenolic OH excluding ortho intramolecular Hbond substituents is 1. The van der Waals surface area contributed by atoms with Crippen LogP contribution in [0.1, 0.15) is 16.1 Å². The highest BCUT2D eigenvalue weighted by Gasteiger charge is 2.12. The Bertz CT molecular complexity index is 701. The summed E-state index contributed by atoms with van der Waals surface area (Å²) >= 11 is 0. The van der Waals surface area contributed by atoms with Gasteiger partial charge in [0, 0.05) is 17.8 Å². The summed E-state index contributed by atoms with van der Waals surface area (Å²) in [5.41, 5.74) is 2.37. The van der Waals surface area contributed by atoms with E-state index in [0.717, 1.165) is 6.07 Å². The minimum absolute atomic E-state index is 0.200. The molecule has 8 nitrogen and oxygen atoms in total. The third kappa shape index (κ3) is 3.60. The molecule has 2 aromatic rings. The summed E-state index contributed by atoms with van der Waals surface area (Å²) < 4.78 is 0. The van der Waals surface area contributed by atoms with Crippen molar-refractivity contribution in [3.05, 3.63) is 64.0 Å². The summed E-state index contributed by atoms with van der Waals surface area (Å²) in [5, 5.41) is 23.6. The summed E-state index contributed by atoms with van der Waals surface area (Å²) in [5.74, 6) is -0.935. The molecule has 0 aliphatic carbocycles. The molecular formula is C13H10N4O4. The van der Waals surface area contributed by atoms with Gasteiger partial charge >= 0.3 is 5.69 Å². The lowest BCUT2D eigenvalue weighted by atomic mass is 10.2. The van der Waals surface area contributed by atoms with Gasteiger partial charge in [-0.25, -0.2) is 5.43 Å². The Labute approximate surface area is 118 Å². The van der Waals surface area contributed by atoms with Crippen LogP contribution in [0.25, 0.3) is 0 Å². The van der Waals surface area contributed by atoms with Crippen molar-refractivity contribution in [2.24, 2.45) is 5.10 Å². The van der Waals surface area contributed by atoms with E-state index in [9.17, 15) is 20.0 Å². The van der Waals surface area contributed by atoms with Crippen molar-refractivity contribution in [3.8, 4) is 5.75 Å². The lowest BCUT2D eigenvalue weighted by Gasteiger charge is -1.99. The van der Waals surface area contributed by atoms with Gasteiger partial charge in [-0.3, -0.25) is 19.9 Å². The van der Waals surface area contributed by atoms with Crippen LogP contribution in [0.4, 0.5) is 5.69 Å². The summed E-state index contributed by atoms with van der Waals surface area (Å²) in [7, 11) is 0. The van der Waals surface area contributed by atoms with Crippen LogP contribution in [-0.2, 0) is 0 Å². The zero-order chi connectivity index (χ0) is 15.2. The molecule has 0 aliphatic heterocycles. The SMILES string of the molecule is O=C(N/N=C\c1ccc(O)c([N+](=O)[O-])c1)c1ccccn1. The Kier molecular flexibility index (Phi) is 4.20. The van der Waals surface area contributed by atoms with Gasteiger partial charge in [-0.2, -0.15) is 5.10 Å². The number of carbonyl (C=O) groups excluding carboxylic acids is 1. The number of rotatable bonds is 4. The van der Waals surface area contributed by atoms with Gasteiger partial charge in [0.15, 0.2) is 5.75 Å². The van der Waals surface area contributed by atoms with Gasteiger partial charge in [-0.05, 0) is 24.3 Å². The second-order valence-corrected chi connectivity index (χ2v) is 3.92. The first-order chi connectivity index (χ1) is 10.1. The zero-order valence-electron chi connectivity index (χ0n) is 10.6. The molecule has 0 spiro atoms. The fourth-order valence-electron chi connectivity index (χ4n) is 1.49. The smallest absolute Gasteiger partial charge is 0.311 e. The molecule has 0 aliphatic rings. The molecule has 0 saturated carbocycles. The van der Waals surface area contributed by atoms with E-state index in [1.807, 2.05) is 0 Å². The van der Waals surface area contributed by atoms with E-state index in [-0.39, 0.29) is 5.69 Å². The van der Waals surface area contributed by atoms with Crippen molar-refractivity contribution in [3.63, 3.8) is 0 Å². The first kappa shape index (κ1) is 14.1. The average Bonchev–Trinajstić information content (AvgIpc) is 2.49. The van der Waals surface area contributed by atoms with Crippen LogP contribution in [-0.4, -0.2) is 27.1 Å². The molecule has 0 unspecified atom stereocenters. The first-order valence-corrected chi connectivity index (χ1v) is 5.80. The number of phenols is 1. The second-order valence-electron chi connectivity index (χ2n) is 3.92. The van der Waals surface area contributed by atoms with E-state index in [4.69, 9.17) is 0 Å². The van der Waals surface area contributed by atoms with E-state index in [2.05, 4.69) is 15.5 Å². The standard InChI is InChI=1S/C13H10N4O4/c18-12-5-4-9(7-11(12)17(20)21)8-15-16-13(19)10-3-1-2-6-14-10/h1-8,18H,(H,16,19)/b15-8-. The van der Waals surface area contributed by atoms with E-state index >= 15 is 0 Å². The number of nitrogens with one attached hydrogen (secondary N) is 1. The Morgan fingerprint density at radius 3 is 2.86 bits per heavy atom. The Hall–Kier alpha value is -3.29. The van der Waals surface area contributed by atoms with Gasteiger partial charge in [-0.15, -0.1) is 0 Å². The van der Waals surface area contributed by atoms with Crippen LogP contribution >= 0.6 is 0 Å². The number of hydrogen-bond donors (Lipinski definition) is 2. The van der Waals surface area contributed by atoms with Crippen LogP contribution in [0.5, 0.6) is 5.75 Å². The number of hydrazone groups is 1. The minimum Gasteiger partial charge on any atom is -0.502 e. The molecule has 0 radical (unpaired) electrons. The Morgan fingerprint density at radius 1 is 1.38 bits per heavy atom. The van der Waals surface area contributed by atoms with Gasteiger partial charge in [-0.1, -0.05) is 6.07 Å². The predicted octanol–water partition coefficient (Wildman–Crippen LogP) is 1.46. The number of nitro groups is 1. The highest BCUT2D eigenvalue weighted by molar-refractivity contribution is 5.93. The van der Waals surface area contributed by atoms with Gasteiger partial charge in [0.1, 0.15) is 5.69 Å². The van der Waals surface area contributed by atoms with Crippen molar-refractivity contribution in [1.29, 1.82) is 0 Å². The molecule has 0 saturated heterocycles. The summed E-state index contributed by atoms with van der Waals surface area (Å²) in [6.07, 6.45) is 2.70. The van der Waals surface area contributed by atoms with Crippen LogP contribution in [0.15, 0.2) is 47.7 Å². The van der Waals surface area contributed by atoms with E-state index in [0.29, 0.717) is 5.56 Å². The van der Waals surface area contributed by atoms with Crippen molar-refractivity contribution in [2.75, 3.05) is 0 Å². The highest BCUT2D eigenvalue weighted by Crippen LogP contribution is 2.25. The number of benzene rings is 1. The van der Waals surface area contributed by atoms with Crippen molar-refractivity contribution in [2.45, 2.75) is 0 Å². The molecule has 1 heterocycles. The molecular weight excluding hydrogens is 276 g/mol. The van der Waals surface area contributed by atoms with Crippen LogP contribution in [0.2, 0.25) is 0 Å². The number of aromatic hydroxyl groups is 1. The molecule has 0 atom stereocenters. The molecule has 8 heteroatoms. The molecule has 1 aromatic carbocycles. The molecule has 21 heavy (non-hydrogen) atoms. The molecule has 1 aromatic heterocycles. The molecule has 2 rings (SSSR count). The number of carbonyl (C=O) groups is 1. The highest BCUT2D eigenvalue weighted by atomic mass is 16.6. The summed E-state index contributed by atoms with van der Waals surface area (Å²) in [6, 6.07) is 8.62. The van der Waals surface area contributed by atoms with Gasteiger partial charge in [0.2, 0.25) is 0 Å². The van der Waals surface area contributed by atoms with Gasteiger partial charge in [0.05, 0.1) is 11.1 Å².